The van der Waals surface area contributed by atoms with Crippen LogP contribution in [0, 0.1) is 5.41 Å². The van der Waals surface area contributed by atoms with E-state index in [-0.39, 0.29) is 23.0 Å². The topological polar surface area (TPSA) is 49.8 Å². The third-order valence-corrected chi connectivity index (χ3v) is 7.03. The van der Waals surface area contributed by atoms with Gasteiger partial charge in [-0.1, -0.05) is 36.8 Å². The molecule has 4 heteroatoms. The summed E-state index contributed by atoms with van der Waals surface area (Å²) in [5, 5.41) is 10.4. The van der Waals surface area contributed by atoms with Gasteiger partial charge >= 0.3 is 0 Å². The molecular formula is C21H29NO3. The smallest absolute Gasteiger partial charge is 0.233 e. The number of nitrogens with zero attached hydrogens (tertiary/aromatic N) is 1. The molecule has 4 nitrogen and oxygen atoms in total. The number of benzene rings is 1. The van der Waals surface area contributed by atoms with E-state index in [1.54, 1.807) is 0 Å². The average molecular weight is 343 g/mol. The van der Waals surface area contributed by atoms with E-state index in [4.69, 9.17) is 4.74 Å². The molecule has 1 aliphatic heterocycles. The number of aliphatic hydroxyl groups is 1. The van der Waals surface area contributed by atoms with Gasteiger partial charge in [-0.25, -0.2) is 0 Å². The molecule has 1 saturated heterocycles. The van der Waals surface area contributed by atoms with Crippen LogP contribution in [0.15, 0.2) is 30.3 Å². The van der Waals surface area contributed by atoms with Crippen molar-refractivity contribution in [1.82, 2.24) is 4.90 Å². The van der Waals surface area contributed by atoms with Gasteiger partial charge in [0.05, 0.1) is 17.6 Å². The Morgan fingerprint density at radius 1 is 1.20 bits per heavy atom. The zero-order chi connectivity index (χ0) is 17.5. The average Bonchev–Trinajstić information content (AvgIpc) is 2.62. The van der Waals surface area contributed by atoms with Crippen LogP contribution in [0.25, 0.3) is 0 Å². The van der Waals surface area contributed by atoms with Crippen molar-refractivity contribution in [3.05, 3.63) is 35.9 Å². The minimum atomic E-state index is -0.302. The van der Waals surface area contributed by atoms with Crippen molar-refractivity contribution in [3.63, 3.8) is 0 Å². The highest BCUT2D eigenvalue weighted by Crippen LogP contribution is 2.52. The second-order valence-corrected chi connectivity index (χ2v) is 8.02. The SMILES string of the molecule is CCOC1CC(O)C12CCN(C(=O)C1(c3ccccc3)CCC1)CC2. The Kier molecular flexibility index (Phi) is 4.37. The minimum absolute atomic E-state index is 0.119. The van der Waals surface area contributed by atoms with Crippen LogP contribution in [0.2, 0.25) is 0 Å². The van der Waals surface area contributed by atoms with Crippen LogP contribution in [-0.2, 0) is 14.9 Å². The fourth-order valence-corrected chi connectivity index (χ4v) is 5.16. The highest BCUT2D eigenvalue weighted by molar-refractivity contribution is 5.89. The fourth-order valence-electron chi connectivity index (χ4n) is 5.16. The molecule has 1 amide bonds. The van der Waals surface area contributed by atoms with Crippen molar-refractivity contribution in [2.24, 2.45) is 5.41 Å². The van der Waals surface area contributed by atoms with Gasteiger partial charge in [-0.3, -0.25) is 4.79 Å². The van der Waals surface area contributed by atoms with E-state index in [0.29, 0.717) is 12.5 Å². The first kappa shape index (κ1) is 17.0. The van der Waals surface area contributed by atoms with Gasteiger partial charge in [-0.05, 0) is 38.2 Å². The van der Waals surface area contributed by atoms with Crippen LogP contribution in [0.4, 0.5) is 0 Å². The highest BCUT2D eigenvalue weighted by Gasteiger charge is 2.57. The largest absolute Gasteiger partial charge is 0.392 e. The van der Waals surface area contributed by atoms with Crippen LogP contribution in [0.1, 0.15) is 51.0 Å². The number of aliphatic hydroxyl groups excluding tert-OH is 1. The Hall–Kier alpha value is -1.39. The first-order valence-corrected chi connectivity index (χ1v) is 9.77. The van der Waals surface area contributed by atoms with Crippen molar-refractivity contribution >= 4 is 5.91 Å². The number of carbonyl (C=O) groups is 1. The lowest BCUT2D eigenvalue weighted by Gasteiger charge is -2.57. The lowest BCUT2D eigenvalue weighted by Crippen LogP contribution is -2.64. The van der Waals surface area contributed by atoms with Gasteiger partial charge in [0.2, 0.25) is 5.91 Å². The molecule has 1 N–H and O–H groups in total. The molecule has 0 bridgehead atoms. The first-order valence-electron chi connectivity index (χ1n) is 9.77. The van der Waals surface area contributed by atoms with Crippen molar-refractivity contribution in [2.75, 3.05) is 19.7 Å². The summed E-state index contributed by atoms with van der Waals surface area (Å²) in [5.74, 6) is 0.293. The quantitative estimate of drug-likeness (QED) is 0.914. The Bertz CT molecular complexity index is 615. The van der Waals surface area contributed by atoms with Crippen molar-refractivity contribution < 1.29 is 14.6 Å². The van der Waals surface area contributed by atoms with Crippen molar-refractivity contribution in [2.45, 2.75) is 63.1 Å². The number of likely N-dealkylation sites (tertiary alicyclic amines) is 1. The van der Waals surface area contributed by atoms with E-state index in [1.165, 1.54) is 5.56 Å². The van der Waals surface area contributed by atoms with E-state index in [0.717, 1.165) is 51.6 Å². The van der Waals surface area contributed by atoms with Gasteiger partial charge in [0.25, 0.3) is 0 Å². The molecule has 2 atom stereocenters. The number of carbonyl (C=O) groups excluding carboxylic acids is 1. The van der Waals surface area contributed by atoms with E-state index in [1.807, 2.05) is 30.0 Å². The van der Waals surface area contributed by atoms with Gasteiger partial charge in [0.1, 0.15) is 0 Å². The number of ether oxygens (including phenoxy) is 1. The van der Waals surface area contributed by atoms with Crippen LogP contribution < -0.4 is 0 Å². The van der Waals surface area contributed by atoms with Crippen molar-refractivity contribution in [1.29, 1.82) is 0 Å². The maximum absolute atomic E-state index is 13.3. The molecule has 2 aliphatic carbocycles. The zero-order valence-electron chi connectivity index (χ0n) is 15.1. The van der Waals surface area contributed by atoms with Crippen LogP contribution in [0.5, 0.6) is 0 Å². The maximum Gasteiger partial charge on any atom is 0.233 e. The number of piperidine rings is 1. The molecule has 2 unspecified atom stereocenters. The predicted molar refractivity (Wildman–Crippen MR) is 96.3 cm³/mol. The molecule has 4 rings (SSSR count). The molecule has 1 aromatic rings. The number of hydrogen-bond acceptors (Lipinski definition) is 3. The minimum Gasteiger partial charge on any atom is -0.392 e. The first-order chi connectivity index (χ1) is 12.1. The molecule has 136 valence electrons. The molecule has 3 fully saturated rings. The summed E-state index contributed by atoms with van der Waals surface area (Å²) in [6.45, 7) is 4.19. The predicted octanol–water partition coefficient (Wildman–Crippen LogP) is 2.89. The summed E-state index contributed by atoms with van der Waals surface area (Å²) in [6.07, 6.45) is 5.40. The van der Waals surface area contributed by atoms with Gasteiger partial charge < -0.3 is 14.7 Å². The lowest BCUT2D eigenvalue weighted by atomic mass is 9.58. The van der Waals surface area contributed by atoms with E-state index < -0.39 is 0 Å². The summed E-state index contributed by atoms with van der Waals surface area (Å²) in [4.78, 5) is 15.4. The molecule has 1 aromatic carbocycles. The second-order valence-electron chi connectivity index (χ2n) is 8.02. The summed E-state index contributed by atoms with van der Waals surface area (Å²) < 4.78 is 5.84. The Morgan fingerprint density at radius 3 is 2.40 bits per heavy atom. The van der Waals surface area contributed by atoms with Gasteiger partial charge in [-0.2, -0.15) is 0 Å². The molecule has 2 saturated carbocycles. The van der Waals surface area contributed by atoms with Gasteiger partial charge in [-0.15, -0.1) is 0 Å². The molecule has 0 radical (unpaired) electrons. The highest BCUT2D eigenvalue weighted by atomic mass is 16.5. The summed E-state index contributed by atoms with van der Waals surface area (Å²) >= 11 is 0. The fraction of sp³-hybridized carbons (Fsp3) is 0.667. The Balaban J connectivity index is 1.46. The normalized spacial score (nSPS) is 29.8. The van der Waals surface area contributed by atoms with E-state index in [9.17, 15) is 9.90 Å². The lowest BCUT2D eigenvalue weighted by molar-refractivity contribution is -0.211. The van der Waals surface area contributed by atoms with Gasteiger partial charge in [0.15, 0.2) is 0 Å². The Morgan fingerprint density at radius 2 is 1.88 bits per heavy atom. The second kappa shape index (κ2) is 6.40. The number of amides is 1. The number of hydrogen-bond donors (Lipinski definition) is 1. The molecule has 1 spiro atoms. The van der Waals surface area contributed by atoms with Crippen LogP contribution in [-0.4, -0.2) is 47.8 Å². The number of rotatable bonds is 4. The molecule has 0 aromatic heterocycles. The Labute approximate surface area is 150 Å². The third kappa shape index (κ3) is 2.53. The molecule has 25 heavy (non-hydrogen) atoms. The van der Waals surface area contributed by atoms with Crippen LogP contribution in [0.3, 0.4) is 0 Å². The molecular weight excluding hydrogens is 314 g/mol. The van der Waals surface area contributed by atoms with Crippen molar-refractivity contribution in [3.8, 4) is 0 Å². The molecule has 1 heterocycles. The van der Waals surface area contributed by atoms with Crippen LogP contribution >= 0.6 is 0 Å². The van der Waals surface area contributed by atoms with E-state index >= 15 is 0 Å². The summed E-state index contributed by atoms with van der Waals surface area (Å²) in [5.41, 5.74) is 0.748. The van der Waals surface area contributed by atoms with E-state index in [2.05, 4.69) is 12.1 Å². The third-order valence-electron chi connectivity index (χ3n) is 7.03. The molecule has 3 aliphatic rings. The monoisotopic (exact) mass is 343 g/mol. The summed E-state index contributed by atoms with van der Waals surface area (Å²) in [7, 11) is 0. The maximum atomic E-state index is 13.3. The standard InChI is InChI=1S/C21H29NO3/c1-2-25-18-15-17(23)21(18)11-13-22(14-12-21)19(24)20(9-6-10-20)16-7-4-3-5-8-16/h3-5,7-8,17-18,23H,2,6,9-15H2,1H3. The summed E-state index contributed by atoms with van der Waals surface area (Å²) in [6, 6.07) is 10.3. The van der Waals surface area contributed by atoms with Gasteiger partial charge in [0, 0.05) is 31.5 Å². The zero-order valence-corrected chi connectivity index (χ0v) is 15.1.